The summed E-state index contributed by atoms with van der Waals surface area (Å²) in [6.07, 6.45) is 56.7. The number of Topliss-reactive ketones (excluding diaryl/α,β-unsaturated/α-hetero) is 3. The van der Waals surface area contributed by atoms with Crippen molar-refractivity contribution in [3.05, 3.63) is 24.3 Å². The Labute approximate surface area is 731 Å². The number of morpholine rings is 1. The third-order valence-corrected chi connectivity index (χ3v) is 28.4. The Hall–Kier alpha value is -1.52. The Bertz CT molecular complexity index is 2090. The lowest BCUT2D eigenvalue weighted by Gasteiger charge is -2.12. The third kappa shape index (κ3) is 90.7. The Morgan fingerprint density at radius 2 is 0.559 bits per heavy atom. The molecule has 18 aliphatic rings. The molecule has 15 saturated heterocycles. The summed E-state index contributed by atoms with van der Waals surface area (Å²) in [7, 11) is -6.17. The molecular weight excluding hydrogens is 1590 g/mol. The number of ketones is 3. The van der Waals surface area contributed by atoms with Gasteiger partial charge in [0, 0.05) is 174 Å². The molecule has 18 rings (SSSR count). The molecule has 3 saturated carbocycles. The van der Waals surface area contributed by atoms with E-state index in [4.69, 9.17) is 18.9 Å². The van der Waals surface area contributed by atoms with Crippen LogP contribution in [0.25, 0.3) is 0 Å². The van der Waals surface area contributed by atoms with Crippen LogP contribution in [-0.2, 0) is 74.6 Å². The van der Waals surface area contributed by atoms with Crippen molar-refractivity contribution >= 4 is 70.4 Å². The zero-order chi connectivity index (χ0) is 85.3. The van der Waals surface area contributed by atoms with E-state index in [2.05, 4.69) is 66.3 Å². The van der Waals surface area contributed by atoms with E-state index in [-0.39, 0.29) is 5.78 Å². The normalized spacial score (nSPS) is 24.2. The summed E-state index contributed by atoms with van der Waals surface area (Å²) in [5.74, 6) is 8.75. The van der Waals surface area contributed by atoms with Crippen molar-refractivity contribution in [3.63, 3.8) is 0 Å². The maximum atomic E-state index is 10.7. The molecule has 0 unspecified atom stereocenters. The zero-order valence-corrected chi connectivity index (χ0v) is 79.0. The van der Waals surface area contributed by atoms with Crippen LogP contribution in [0.3, 0.4) is 0 Å². The van der Waals surface area contributed by atoms with Crippen LogP contribution in [0, 0.1) is 0 Å². The van der Waals surface area contributed by atoms with Gasteiger partial charge in [0.2, 0.25) is 0 Å². The molecule has 0 amide bonds. The lowest BCUT2D eigenvalue weighted by atomic mass is 9.97. The van der Waals surface area contributed by atoms with E-state index >= 15 is 0 Å². The van der Waals surface area contributed by atoms with E-state index in [1.54, 1.807) is 0 Å². The highest BCUT2D eigenvalue weighted by Crippen LogP contribution is 2.20. The van der Waals surface area contributed by atoms with E-state index in [1.165, 1.54) is 307 Å². The molecular formula is C90H180N10O13S5. The quantitative estimate of drug-likeness (QED) is 0.101. The minimum Gasteiger partial charge on any atom is -0.381 e. The van der Waals surface area contributed by atoms with E-state index in [0.29, 0.717) is 60.8 Å². The van der Waals surface area contributed by atoms with Crippen molar-refractivity contribution < 1.29 is 58.6 Å². The fourth-order valence-electron chi connectivity index (χ4n) is 13.7. The molecule has 23 nitrogen and oxygen atoms in total. The summed E-state index contributed by atoms with van der Waals surface area (Å²) in [5, 5.41) is 32.0. The highest BCUT2D eigenvalue weighted by Gasteiger charge is 2.16. The van der Waals surface area contributed by atoms with Crippen LogP contribution < -0.4 is 53.2 Å². The minimum atomic E-state index is -2.65. The molecule has 0 radical (unpaired) electrons. The maximum absolute atomic E-state index is 10.7. The lowest BCUT2D eigenvalue weighted by molar-refractivity contribution is -0.127. The smallest absolute Gasteiger partial charge is 0.158 e. The molecule has 0 aromatic carbocycles. The average Bonchev–Trinajstić information content (AvgIpc) is 1.22. The largest absolute Gasteiger partial charge is 0.381 e. The van der Waals surface area contributed by atoms with Crippen molar-refractivity contribution in [3.8, 4) is 0 Å². The number of carbonyl (C=O) groups excluding carboxylic acids is 3. The van der Waals surface area contributed by atoms with Gasteiger partial charge in [-0.3, -0.25) is 22.8 Å². The molecule has 0 aromatic heterocycles. The first-order chi connectivity index (χ1) is 57.7. The number of sulfone groups is 2. The predicted molar refractivity (Wildman–Crippen MR) is 503 cm³/mol. The highest BCUT2D eigenvalue weighted by molar-refractivity contribution is 7.99. The zero-order valence-electron chi connectivity index (χ0n) is 75.0. The number of rotatable bonds is 0. The molecule has 0 atom stereocenters. The lowest BCUT2D eigenvalue weighted by Crippen LogP contribution is -2.35. The van der Waals surface area contributed by atoms with E-state index in [1.807, 2.05) is 11.8 Å². The van der Waals surface area contributed by atoms with E-state index in [9.17, 15) is 39.6 Å². The first kappa shape index (κ1) is 114. The van der Waals surface area contributed by atoms with Crippen LogP contribution in [0.1, 0.15) is 289 Å². The van der Waals surface area contributed by atoms with Crippen molar-refractivity contribution in [2.75, 3.05) is 241 Å². The fourth-order valence-corrected chi connectivity index (χ4v) is 19.3. The summed E-state index contributed by atoms with van der Waals surface area (Å²) < 4.78 is 83.5. The van der Waals surface area contributed by atoms with Crippen LogP contribution in [0.15, 0.2) is 24.3 Å². The maximum Gasteiger partial charge on any atom is 0.158 e. The molecule has 18 fully saturated rings. The first-order valence-corrected chi connectivity index (χ1v) is 55.4. The van der Waals surface area contributed by atoms with Crippen LogP contribution in [0.2, 0.25) is 0 Å². The van der Waals surface area contributed by atoms with Gasteiger partial charge in [0.15, 0.2) is 15.6 Å². The standard InChI is InChI=1S/C7H12.C6H11NO.C6H11N.C6H13N.3C5H11N.C5H10O2S.C5H8O2.C5H10OS.C5H10O.C5H8O.C5H10.C4H9NO2S.C4H9NOS.C4H9NO.C4H9NS.C4H8O/c1-7-5-3-2-4-6-7;8-6-3-1-2-4-7-5-6;1-6-3-2-4-7-5-6;1-2-4-6-7-5-3-1;3*1-2-4-6-5-3-1;6-8(7)4-2-1-3-5-8;6-5-2-1-3-7-4-5;6-7-4-2-1-3-5-7;1-2-4-6-5-3-1;6-5-3-1-2-4-5;1-2-4-5-3-1;6-8(7)3-1-5-2-4-8;6-7-3-1-5-2-4-7;2*1-3-6-4-2-5-1;1-2-4-5-3-1/h1-6H2;7H,1-5H2;7H,1-5H2;7H,1-6H2;3*6H,1-5H2;1-5H2;1-4H2;1-5H2;1-5H2;1-4H2;1-5H2;5H,1-4H2;5H,1-4H2;2*5H,1-4H2;1-4H2. The molecule has 3 aliphatic carbocycles. The van der Waals surface area contributed by atoms with Gasteiger partial charge in [-0.15, -0.1) is 0 Å². The molecule has 15 heterocycles. The summed E-state index contributed by atoms with van der Waals surface area (Å²) >= 11 is 2.03. The number of piperidine rings is 4. The molecule has 0 bridgehead atoms. The second-order valence-corrected chi connectivity index (χ2v) is 41.9. The Morgan fingerprint density at radius 3 is 0.822 bits per heavy atom. The number of carbonyl (C=O) groups is 3. The predicted octanol–water partition coefficient (Wildman–Crippen LogP) is 12.4. The van der Waals surface area contributed by atoms with Gasteiger partial charge in [-0.1, -0.05) is 108 Å². The number of nitrogens with one attached hydrogen (secondary N) is 10. The van der Waals surface area contributed by atoms with Gasteiger partial charge in [-0.05, 0) is 245 Å². The number of thioether (sulfide) groups is 1. The highest BCUT2D eigenvalue weighted by atomic mass is 32.2. The van der Waals surface area contributed by atoms with Gasteiger partial charge in [-0.25, -0.2) is 16.8 Å². The van der Waals surface area contributed by atoms with Gasteiger partial charge < -0.3 is 72.1 Å². The first-order valence-electron chi connectivity index (χ1n) is 47.6. The molecule has 28 heteroatoms. The van der Waals surface area contributed by atoms with Gasteiger partial charge in [0.05, 0.1) is 42.8 Å². The van der Waals surface area contributed by atoms with Crippen molar-refractivity contribution in [1.82, 2.24) is 53.2 Å². The summed E-state index contributed by atoms with van der Waals surface area (Å²) in [6.45, 7) is 36.1. The number of hydrogen-bond donors (Lipinski definition) is 10. The van der Waals surface area contributed by atoms with Crippen LogP contribution in [0.5, 0.6) is 0 Å². The van der Waals surface area contributed by atoms with Crippen molar-refractivity contribution in [1.29, 1.82) is 0 Å². The van der Waals surface area contributed by atoms with Gasteiger partial charge >= 0.3 is 0 Å². The van der Waals surface area contributed by atoms with E-state index < -0.39 is 41.3 Å². The Balaban J connectivity index is 0.000000625. The average molecular weight is 1770 g/mol. The molecule has 118 heavy (non-hydrogen) atoms. The van der Waals surface area contributed by atoms with Crippen molar-refractivity contribution in [2.45, 2.75) is 289 Å². The molecule has 0 aromatic rings. The van der Waals surface area contributed by atoms with Crippen LogP contribution >= 0.6 is 11.8 Å². The minimum absolute atomic E-state index is 0.242. The summed E-state index contributed by atoms with van der Waals surface area (Å²) in [5.41, 5.74) is 2.82. The number of allylic oxidation sites excluding steroid dienone is 1. The Morgan fingerprint density at radius 1 is 0.246 bits per heavy atom. The van der Waals surface area contributed by atoms with E-state index in [0.717, 1.165) is 186 Å². The molecule has 698 valence electrons. The van der Waals surface area contributed by atoms with Crippen LogP contribution in [0.4, 0.5) is 0 Å². The third-order valence-electron chi connectivity index (χ3n) is 21.1. The second-order valence-electron chi connectivity index (χ2n) is 32.7. The monoisotopic (exact) mass is 1770 g/mol. The summed E-state index contributed by atoms with van der Waals surface area (Å²) in [4.78, 5) is 31.2. The molecule has 10 N–H and O–H groups in total. The van der Waals surface area contributed by atoms with Gasteiger partial charge in [-0.2, -0.15) is 11.8 Å². The SMILES string of the molecule is C1CCCC1.C1CCCNCC1.C1CCNCC1.C1CCNCC1.C1CCNCC1.C1CCOC1.C1CCOCC1.C1COCCN1.C1CSCCN1.C=C1CCCCC1.C=C1CCCNC1.O=C1CCCC1.O=C1CCCCNC1.O=C1CCCOC1.O=S1(=O)CCCCC1.O=S1(=O)CCNCC1.O=S1CCCCC1.O=S1CCNCC1. The molecule has 0 spiro atoms. The van der Waals surface area contributed by atoms with Crippen molar-refractivity contribution in [2.24, 2.45) is 0 Å². The molecule has 15 aliphatic heterocycles. The van der Waals surface area contributed by atoms with Gasteiger partial charge in [0.25, 0.3) is 0 Å². The second kappa shape index (κ2) is 90.3. The number of hydrogen-bond acceptors (Lipinski definition) is 24. The topological polar surface area (TPSA) is 311 Å². The number of ether oxygens (including phenoxy) is 4. The van der Waals surface area contributed by atoms with Crippen LogP contribution in [-0.4, -0.2) is 284 Å². The summed E-state index contributed by atoms with van der Waals surface area (Å²) in [6, 6.07) is 0. The fraction of sp³-hybridized carbons (Fsp3) is 0.922. The Kier molecular flexibility index (Phi) is 87.6. The van der Waals surface area contributed by atoms with Gasteiger partial charge in [0.1, 0.15) is 28.0 Å².